The third-order valence-electron chi connectivity index (χ3n) is 6.98. The van der Waals surface area contributed by atoms with Crippen molar-refractivity contribution in [3.8, 4) is 17.2 Å². The Morgan fingerprint density at radius 1 is 0.829 bits per heavy atom. The van der Waals surface area contributed by atoms with Crippen molar-refractivity contribution in [2.45, 2.75) is 70.9 Å². The fraction of sp³-hybridized carbons (Fsp3) is 0.500. The summed E-state index contributed by atoms with van der Waals surface area (Å²) in [6.07, 6.45) is 2.31. The van der Waals surface area contributed by atoms with Crippen LogP contribution in [-0.4, -0.2) is 37.8 Å². The summed E-state index contributed by atoms with van der Waals surface area (Å²) in [6, 6.07) is 7.18. The quantitative estimate of drug-likeness (QED) is 0.294. The molecule has 1 aliphatic carbocycles. The number of Topliss-reactive ketones (excluding diaryl/α,β-unsaturated/α-hetero) is 1. The zero-order chi connectivity index (χ0) is 26.1. The molecular formula is C28H36O6P+. The third-order valence-corrected chi connectivity index (χ3v) is 9.00. The molecule has 1 saturated carbocycles. The number of carbonyl (C=O) groups excluding carboxylic acids is 2. The maximum Gasteiger partial charge on any atom is 0.434 e. The highest BCUT2D eigenvalue weighted by Crippen LogP contribution is 2.56. The van der Waals surface area contributed by atoms with E-state index in [0.717, 1.165) is 29.5 Å². The number of rotatable bonds is 8. The van der Waals surface area contributed by atoms with Gasteiger partial charge in [0.25, 0.3) is 0 Å². The summed E-state index contributed by atoms with van der Waals surface area (Å²) in [4.78, 5) is 27.9. The van der Waals surface area contributed by atoms with Gasteiger partial charge in [-0.15, -0.1) is 0 Å². The van der Waals surface area contributed by atoms with Crippen molar-refractivity contribution in [2.75, 3.05) is 21.3 Å². The first-order chi connectivity index (χ1) is 16.4. The molecule has 0 N–H and O–H groups in total. The molecule has 7 heteroatoms. The molecule has 1 unspecified atom stereocenters. The second-order valence-electron chi connectivity index (χ2n) is 10.3. The van der Waals surface area contributed by atoms with Crippen LogP contribution in [0.15, 0.2) is 24.3 Å². The van der Waals surface area contributed by atoms with Gasteiger partial charge < -0.3 is 14.2 Å². The van der Waals surface area contributed by atoms with Gasteiger partial charge in [-0.25, -0.2) is 4.79 Å². The van der Waals surface area contributed by atoms with E-state index in [1.807, 2.05) is 26.0 Å². The van der Waals surface area contributed by atoms with Crippen LogP contribution in [-0.2, 0) is 9.98 Å². The zero-order valence-corrected chi connectivity index (χ0v) is 22.9. The topological polar surface area (TPSA) is 78.9 Å². The predicted octanol–water partition coefficient (Wildman–Crippen LogP) is 6.79. The van der Waals surface area contributed by atoms with Crippen LogP contribution in [0.2, 0.25) is 0 Å². The molecule has 0 radical (unpaired) electrons. The van der Waals surface area contributed by atoms with Crippen LogP contribution in [0.25, 0.3) is 0 Å². The Balaban J connectivity index is 2.12. The number of carbonyl (C=O) groups is 2. The molecule has 0 heterocycles. The summed E-state index contributed by atoms with van der Waals surface area (Å²) in [5.74, 6) is 0.655. The molecule has 0 aliphatic heterocycles. The summed E-state index contributed by atoms with van der Waals surface area (Å²) in [5.41, 5.74) is 2.79. The number of ketones is 1. The lowest BCUT2D eigenvalue weighted by atomic mass is 9.81. The molecule has 1 aliphatic rings. The maximum atomic E-state index is 14.1. The number of ether oxygens (including phenoxy) is 3. The van der Waals surface area contributed by atoms with Crippen molar-refractivity contribution in [3.05, 3.63) is 52.1 Å². The molecular weight excluding hydrogens is 463 g/mol. The monoisotopic (exact) mass is 499 g/mol. The average molecular weight is 500 g/mol. The maximum absolute atomic E-state index is 14.1. The SMILES string of the molecule is COc1cc(OC)c(C(=O)[P+](=O)C2(C(=O)c3c(C)cc(C(C)(C)C)cc3C)CCCC2)c(OC)c1. The van der Waals surface area contributed by atoms with E-state index in [-0.39, 0.29) is 28.3 Å². The first-order valence-corrected chi connectivity index (χ1v) is 13.2. The molecule has 0 bridgehead atoms. The summed E-state index contributed by atoms with van der Waals surface area (Å²) >= 11 is 0. The van der Waals surface area contributed by atoms with E-state index in [2.05, 4.69) is 20.8 Å². The van der Waals surface area contributed by atoms with E-state index >= 15 is 0 Å². The zero-order valence-electron chi connectivity index (χ0n) is 22.0. The van der Waals surface area contributed by atoms with Crippen molar-refractivity contribution in [2.24, 2.45) is 0 Å². The number of hydrogen-bond donors (Lipinski definition) is 0. The van der Waals surface area contributed by atoms with E-state index in [1.54, 1.807) is 12.1 Å². The Kier molecular flexibility index (Phi) is 7.76. The third kappa shape index (κ3) is 4.86. The van der Waals surface area contributed by atoms with Gasteiger partial charge in [0.1, 0.15) is 17.2 Å². The van der Waals surface area contributed by atoms with Gasteiger partial charge in [0, 0.05) is 30.5 Å². The van der Waals surface area contributed by atoms with Gasteiger partial charge in [0.2, 0.25) is 10.9 Å². The summed E-state index contributed by atoms with van der Waals surface area (Å²) in [7, 11) is 1.74. The minimum Gasteiger partial charge on any atom is -0.496 e. The standard InChI is InChI=1S/C28H36O6P/c1-17-13-19(27(3,4)5)14-18(2)23(17)25(29)28(11-9-10-12-28)35(31)26(30)24-21(33-7)15-20(32-6)16-22(24)34-8/h13-16H,9-12H2,1-8H3/q+1. The Bertz CT molecular complexity index is 1120. The normalized spacial score (nSPS) is 15.5. The van der Waals surface area contributed by atoms with Crippen molar-refractivity contribution >= 4 is 19.1 Å². The van der Waals surface area contributed by atoms with E-state index in [0.29, 0.717) is 24.2 Å². The van der Waals surface area contributed by atoms with Crippen LogP contribution in [0.3, 0.4) is 0 Å². The number of aryl methyl sites for hydroxylation is 2. The number of methoxy groups -OCH3 is 3. The van der Waals surface area contributed by atoms with Gasteiger partial charge in [-0.3, -0.25) is 4.79 Å². The molecule has 0 aromatic heterocycles. The van der Waals surface area contributed by atoms with Crippen LogP contribution >= 0.6 is 7.80 Å². The second-order valence-corrected chi connectivity index (χ2v) is 12.2. The van der Waals surface area contributed by atoms with Crippen LogP contribution in [0.5, 0.6) is 17.2 Å². The van der Waals surface area contributed by atoms with Gasteiger partial charge in [-0.2, -0.15) is 0 Å². The molecule has 0 saturated heterocycles. The molecule has 188 valence electrons. The first-order valence-electron chi connectivity index (χ1n) is 11.9. The molecule has 0 spiro atoms. The molecule has 2 aromatic carbocycles. The average Bonchev–Trinajstić information content (AvgIpc) is 3.32. The summed E-state index contributed by atoms with van der Waals surface area (Å²) in [6.45, 7) is 10.2. The smallest absolute Gasteiger partial charge is 0.434 e. The Hall–Kier alpha value is -2.72. The number of hydrogen-bond acceptors (Lipinski definition) is 6. The highest BCUT2D eigenvalue weighted by Gasteiger charge is 2.62. The van der Waals surface area contributed by atoms with Crippen LogP contribution in [0, 0.1) is 13.8 Å². The Labute approximate surface area is 209 Å². The van der Waals surface area contributed by atoms with Crippen molar-refractivity contribution in [1.82, 2.24) is 0 Å². The second kappa shape index (κ2) is 10.1. The van der Waals surface area contributed by atoms with E-state index in [9.17, 15) is 14.2 Å². The Morgan fingerprint density at radius 2 is 1.31 bits per heavy atom. The highest BCUT2D eigenvalue weighted by atomic mass is 31.1. The van der Waals surface area contributed by atoms with Crippen molar-refractivity contribution < 1.29 is 28.4 Å². The van der Waals surface area contributed by atoms with Gasteiger partial charge in [0.05, 0.1) is 21.3 Å². The molecule has 1 fully saturated rings. The lowest BCUT2D eigenvalue weighted by Crippen LogP contribution is -2.35. The first kappa shape index (κ1) is 26.9. The Morgan fingerprint density at radius 3 is 1.71 bits per heavy atom. The predicted molar refractivity (Wildman–Crippen MR) is 138 cm³/mol. The van der Waals surface area contributed by atoms with E-state index in [1.165, 1.54) is 21.3 Å². The van der Waals surface area contributed by atoms with Gasteiger partial charge in [-0.05, 0) is 48.8 Å². The van der Waals surface area contributed by atoms with Crippen LogP contribution < -0.4 is 14.2 Å². The van der Waals surface area contributed by atoms with Crippen LogP contribution in [0.4, 0.5) is 0 Å². The molecule has 1 atom stereocenters. The lowest BCUT2D eigenvalue weighted by Gasteiger charge is -2.24. The molecule has 2 aromatic rings. The lowest BCUT2D eigenvalue weighted by molar-refractivity contribution is 0.0929. The molecule has 6 nitrogen and oxygen atoms in total. The van der Waals surface area contributed by atoms with Gasteiger partial charge >= 0.3 is 13.3 Å². The fourth-order valence-corrected chi connectivity index (χ4v) is 6.81. The van der Waals surface area contributed by atoms with Gasteiger partial charge in [0.15, 0.2) is 5.56 Å². The largest absolute Gasteiger partial charge is 0.496 e. The van der Waals surface area contributed by atoms with E-state index in [4.69, 9.17) is 14.2 Å². The van der Waals surface area contributed by atoms with E-state index < -0.39 is 18.5 Å². The minimum absolute atomic E-state index is 0.0647. The van der Waals surface area contributed by atoms with Crippen molar-refractivity contribution in [3.63, 3.8) is 0 Å². The van der Waals surface area contributed by atoms with Crippen LogP contribution in [0.1, 0.15) is 83.9 Å². The minimum atomic E-state index is -2.62. The summed E-state index contributed by atoms with van der Waals surface area (Å²) < 4.78 is 30.2. The fourth-order valence-electron chi connectivity index (χ4n) is 4.98. The molecule has 35 heavy (non-hydrogen) atoms. The molecule has 0 amide bonds. The molecule has 3 rings (SSSR count). The summed E-state index contributed by atoms with van der Waals surface area (Å²) in [5, 5.41) is -1.25. The van der Waals surface area contributed by atoms with Gasteiger partial charge in [-0.1, -0.05) is 37.5 Å². The highest BCUT2D eigenvalue weighted by molar-refractivity contribution is 7.67. The van der Waals surface area contributed by atoms with Crippen molar-refractivity contribution in [1.29, 1.82) is 0 Å². The number of benzene rings is 2.